The highest BCUT2D eigenvalue weighted by molar-refractivity contribution is 5.40. The van der Waals surface area contributed by atoms with Gasteiger partial charge in [0.2, 0.25) is 5.88 Å². The summed E-state index contributed by atoms with van der Waals surface area (Å²) in [4.78, 5) is 10.8. The number of hydrogen-bond donors (Lipinski definition) is 1. The van der Waals surface area contributed by atoms with Crippen LogP contribution >= 0.6 is 0 Å². The largest absolute Gasteiger partial charge is 0.478 e. The van der Waals surface area contributed by atoms with Crippen molar-refractivity contribution in [2.75, 3.05) is 37.7 Å². The Kier molecular flexibility index (Phi) is 5.39. The average molecular weight is 264 g/mol. The Morgan fingerprint density at radius 1 is 1.32 bits per heavy atom. The molecule has 1 aliphatic heterocycles. The van der Waals surface area contributed by atoms with Crippen LogP contribution in [0, 0.1) is 5.92 Å². The van der Waals surface area contributed by atoms with Gasteiger partial charge in [0, 0.05) is 19.2 Å². The van der Waals surface area contributed by atoms with E-state index in [2.05, 4.69) is 27.1 Å². The molecule has 1 aromatic heterocycles. The molecule has 0 bridgehead atoms. The quantitative estimate of drug-likeness (QED) is 0.847. The van der Waals surface area contributed by atoms with Gasteiger partial charge < -0.3 is 15.0 Å². The molecule has 5 heteroatoms. The Labute approximate surface area is 115 Å². The van der Waals surface area contributed by atoms with E-state index in [0.29, 0.717) is 12.5 Å². The third kappa shape index (κ3) is 4.06. The van der Waals surface area contributed by atoms with Crippen LogP contribution < -0.4 is 15.0 Å². The van der Waals surface area contributed by atoms with Gasteiger partial charge in [0.15, 0.2) is 0 Å². The Bertz CT molecular complexity index is 379. The maximum Gasteiger partial charge on any atom is 0.218 e. The van der Waals surface area contributed by atoms with Crippen LogP contribution in [0.15, 0.2) is 12.4 Å². The minimum Gasteiger partial charge on any atom is -0.478 e. The molecule has 2 heterocycles. The van der Waals surface area contributed by atoms with Crippen LogP contribution in [0.3, 0.4) is 0 Å². The van der Waals surface area contributed by atoms with Crippen molar-refractivity contribution < 1.29 is 4.74 Å². The lowest BCUT2D eigenvalue weighted by atomic mass is 9.97. The lowest BCUT2D eigenvalue weighted by molar-refractivity contribution is 0.326. The molecule has 0 spiro atoms. The predicted molar refractivity (Wildman–Crippen MR) is 76.7 cm³/mol. The van der Waals surface area contributed by atoms with Crippen molar-refractivity contribution in [1.82, 2.24) is 15.3 Å². The van der Waals surface area contributed by atoms with Crippen LogP contribution in [0.5, 0.6) is 5.88 Å². The lowest BCUT2D eigenvalue weighted by Crippen LogP contribution is -2.36. The minimum atomic E-state index is 0.636. The average Bonchev–Trinajstić information content (AvgIpc) is 2.46. The third-order valence-corrected chi connectivity index (χ3v) is 3.56. The molecule has 2 rings (SSSR count). The molecule has 0 unspecified atom stereocenters. The first-order valence-electron chi connectivity index (χ1n) is 7.24. The van der Waals surface area contributed by atoms with Crippen molar-refractivity contribution in [3.05, 3.63) is 12.4 Å². The first-order chi connectivity index (χ1) is 9.33. The molecule has 106 valence electrons. The number of aromatic nitrogens is 2. The van der Waals surface area contributed by atoms with E-state index >= 15 is 0 Å². The molecule has 0 aliphatic carbocycles. The molecule has 1 saturated heterocycles. The van der Waals surface area contributed by atoms with E-state index in [0.717, 1.165) is 37.9 Å². The second-order valence-electron chi connectivity index (χ2n) is 4.88. The van der Waals surface area contributed by atoms with Gasteiger partial charge in [-0.1, -0.05) is 0 Å². The maximum atomic E-state index is 5.44. The fraction of sp³-hybridized carbons (Fsp3) is 0.714. The summed E-state index contributed by atoms with van der Waals surface area (Å²) in [6, 6.07) is 1.94. The number of rotatable bonds is 6. The smallest absolute Gasteiger partial charge is 0.218 e. The SMILES string of the molecule is CCOc1cc(N(CC)CC2CCNCC2)ncn1. The second-order valence-corrected chi connectivity index (χ2v) is 4.88. The van der Waals surface area contributed by atoms with E-state index in [-0.39, 0.29) is 0 Å². The molecule has 0 aromatic carbocycles. The summed E-state index contributed by atoms with van der Waals surface area (Å²) < 4.78 is 5.44. The van der Waals surface area contributed by atoms with Gasteiger partial charge in [0.1, 0.15) is 12.1 Å². The van der Waals surface area contributed by atoms with Gasteiger partial charge in [-0.25, -0.2) is 9.97 Å². The van der Waals surface area contributed by atoms with Crippen LogP contribution in [0.1, 0.15) is 26.7 Å². The normalized spacial score (nSPS) is 16.3. The van der Waals surface area contributed by atoms with Gasteiger partial charge in [-0.05, 0) is 45.7 Å². The van der Waals surface area contributed by atoms with E-state index in [9.17, 15) is 0 Å². The molecule has 0 radical (unpaired) electrons. The summed E-state index contributed by atoms with van der Waals surface area (Å²) in [5, 5.41) is 3.41. The van der Waals surface area contributed by atoms with E-state index in [1.165, 1.54) is 12.8 Å². The summed E-state index contributed by atoms with van der Waals surface area (Å²) >= 11 is 0. The highest BCUT2D eigenvalue weighted by Crippen LogP contribution is 2.20. The highest BCUT2D eigenvalue weighted by atomic mass is 16.5. The Hall–Kier alpha value is -1.36. The lowest BCUT2D eigenvalue weighted by Gasteiger charge is -2.30. The van der Waals surface area contributed by atoms with E-state index in [4.69, 9.17) is 4.74 Å². The highest BCUT2D eigenvalue weighted by Gasteiger charge is 2.17. The topological polar surface area (TPSA) is 50.3 Å². The first kappa shape index (κ1) is 14.1. The van der Waals surface area contributed by atoms with Crippen molar-refractivity contribution in [3.63, 3.8) is 0 Å². The number of ether oxygens (including phenoxy) is 1. The van der Waals surface area contributed by atoms with Gasteiger partial charge in [-0.3, -0.25) is 0 Å². The van der Waals surface area contributed by atoms with Crippen LogP contribution in [0.2, 0.25) is 0 Å². The van der Waals surface area contributed by atoms with Crippen LogP contribution in [-0.4, -0.2) is 42.8 Å². The summed E-state index contributed by atoms with van der Waals surface area (Å²) in [6.07, 6.45) is 4.09. The Balaban J connectivity index is 2.01. The number of hydrogen-bond acceptors (Lipinski definition) is 5. The fourth-order valence-corrected chi connectivity index (χ4v) is 2.49. The van der Waals surface area contributed by atoms with Gasteiger partial charge in [0.25, 0.3) is 0 Å². The molecule has 1 fully saturated rings. The molecule has 1 N–H and O–H groups in total. The molecule has 19 heavy (non-hydrogen) atoms. The monoisotopic (exact) mass is 264 g/mol. The van der Waals surface area contributed by atoms with Crippen molar-refractivity contribution >= 4 is 5.82 Å². The van der Waals surface area contributed by atoms with Crippen molar-refractivity contribution in [1.29, 1.82) is 0 Å². The zero-order chi connectivity index (χ0) is 13.5. The zero-order valence-corrected chi connectivity index (χ0v) is 11.9. The minimum absolute atomic E-state index is 0.636. The second kappa shape index (κ2) is 7.28. The first-order valence-corrected chi connectivity index (χ1v) is 7.24. The number of piperidine rings is 1. The third-order valence-electron chi connectivity index (χ3n) is 3.56. The number of anilines is 1. The van der Waals surface area contributed by atoms with Crippen molar-refractivity contribution in [2.24, 2.45) is 5.92 Å². The Morgan fingerprint density at radius 3 is 2.79 bits per heavy atom. The molecule has 5 nitrogen and oxygen atoms in total. The Morgan fingerprint density at radius 2 is 2.11 bits per heavy atom. The molecule has 0 atom stereocenters. The molecule has 1 aliphatic rings. The standard InChI is InChI=1S/C14H24N4O/c1-3-18(10-12-5-7-15-8-6-12)13-9-14(19-4-2)17-11-16-13/h9,11-12,15H,3-8,10H2,1-2H3. The van der Waals surface area contributed by atoms with Gasteiger partial charge in [-0.2, -0.15) is 0 Å². The van der Waals surface area contributed by atoms with Crippen LogP contribution in [0.4, 0.5) is 5.82 Å². The maximum absolute atomic E-state index is 5.44. The van der Waals surface area contributed by atoms with E-state index in [1.54, 1.807) is 6.33 Å². The molecular formula is C14H24N4O. The number of nitrogens with zero attached hydrogens (tertiary/aromatic N) is 3. The molecule has 0 saturated carbocycles. The van der Waals surface area contributed by atoms with E-state index < -0.39 is 0 Å². The van der Waals surface area contributed by atoms with Gasteiger partial charge in [-0.15, -0.1) is 0 Å². The van der Waals surface area contributed by atoms with Crippen LogP contribution in [-0.2, 0) is 0 Å². The summed E-state index contributed by atoms with van der Waals surface area (Å²) in [5.74, 6) is 2.39. The van der Waals surface area contributed by atoms with Gasteiger partial charge >= 0.3 is 0 Å². The van der Waals surface area contributed by atoms with Crippen molar-refractivity contribution in [2.45, 2.75) is 26.7 Å². The summed E-state index contributed by atoms with van der Waals surface area (Å²) in [5.41, 5.74) is 0. The van der Waals surface area contributed by atoms with Crippen molar-refractivity contribution in [3.8, 4) is 5.88 Å². The molecule has 0 amide bonds. The molecule has 1 aromatic rings. The summed E-state index contributed by atoms with van der Waals surface area (Å²) in [6.45, 7) is 9.08. The zero-order valence-electron chi connectivity index (χ0n) is 11.9. The summed E-state index contributed by atoms with van der Waals surface area (Å²) in [7, 11) is 0. The van der Waals surface area contributed by atoms with Gasteiger partial charge in [0.05, 0.1) is 6.61 Å². The number of nitrogens with one attached hydrogen (secondary N) is 1. The van der Waals surface area contributed by atoms with Crippen LogP contribution in [0.25, 0.3) is 0 Å². The molecular weight excluding hydrogens is 240 g/mol. The van der Waals surface area contributed by atoms with E-state index in [1.807, 2.05) is 13.0 Å². The predicted octanol–water partition coefficient (Wildman–Crippen LogP) is 1.70. The fourth-order valence-electron chi connectivity index (χ4n) is 2.49.